The number of likely N-dealkylation sites (N-methyl/N-ethyl adjacent to an activating group) is 2. The molecule has 1 rings (SSSR count). The summed E-state index contributed by atoms with van der Waals surface area (Å²) in [5.41, 5.74) is 11.0. The van der Waals surface area contributed by atoms with Crippen molar-refractivity contribution in [3.05, 3.63) is 0 Å². The molecule has 1 aliphatic rings. The third-order valence-electron chi connectivity index (χ3n) is 11.5. The molecule has 24 heteroatoms. The first-order chi connectivity index (χ1) is 32.4. The van der Waals surface area contributed by atoms with Gasteiger partial charge in [-0.2, -0.15) is 0 Å². The van der Waals surface area contributed by atoms with Crippen molar-refractivity contribution in [1.82, 2.24) is 52.3 Å². The molecule has 13 N–H and O–H groups in total. The normalized spacial score (nSPS) is 16.3. The van der Waals surface area contributed by atoms with Crippen molar-refractivity contribution in [3.63, 3.8) is 0 Å². The number of hydrogen-bond acceptors (Lipinski definition) is 12. The third kappa shape index (κ3) is 21.4. The highest BCUT2D eigenvalue weighted by Gasteiger charge is 2.39. The molecule has 0 unspecified atom stereocenters. The third-order valence-corrected chi connectivity index (χ3v) is 11.5. The average molecular weight is 980 g/mol. The van der Waals surface area contributed by atoms with E-state index in [1.807, 2.05) is 6.92 Å². The first-order valence-corrected chi connectivity index (χ1v) is 24.0. The van der Waals surface area contributed by atoms with Crippen LogP contribution in [0.15, 0.2) is 4.99 Å². The van der Waals surface area contributed by atoms with Crippen molar-refractivity contribution in [3.8, 4) is 0 Å². The summed E-state index contributed by atoms with van der Waals surface area (Å²) in [6, 6.07) is -8.22. The van der Waals surface area contributed by atoms with Crippen LogP contribution in [0.4, 0.5) is 0 Å². The number of amides is 10. The van der Waals surface area contributed by atoms with E-state index >= 15 is 0 Å². The smallest absolute Gasteiger partial charge is 0.245 e. The number of nitrogens with zero attached hydrogens (tertiary/aromatic N) is 3. The van der Waals surface area contributed by atoms with Gasteiger partial charge in [-0.1, -0.05) is 61.3 Å². The molecule has 10 amide bonds. The number of nitrogens with two attached hydrogens (primary N) is 2. The molecule has 1 heterocycles. The molecule has 1 aliphatic heterocycles. The van der Waals surface area contributed by atoms with Gasteiger partial charge in [0.1, 0.15) is 42.3 Å². The highest BCUT2D eigenvalue weighted by atomic mass is 16.3. The number of carbonyl (C=O) groups is 10. The van der Waals surface area contributed by atoms with Crippen molar-refractivity contribution in [2.24, 2.45) is 34.2 Å². The number of aliphatic hydroxyl groups excluding tert-OH is 1. The summed E-state index contributed by atoms with van der Waals surface area (Å²) in [5, 5.41) is 31.2. The summed E-state index contributed by atoms with van der Waals surface area (Å²) in [6.45, 7) is 14.5. The van der Waals surface area contributed by atoms with Crippen LogP contribution >= 0.6 is 0 Å². The van der Waals surface area contributed by atoms with Gasteiger partial charge in [-0.25, -0.2) is 0 Å². The molecule has 69 heavy (non-hydrogen) atoms. The molecule has 0 aromatic heterocycles. The Morgan fingerprint density at radius 3 is 1.86 bits per heavy atom. The maximum atomic E-state index is 14.1. The van der Waals surface area contributed by atoms with Crippen molar-refractivity contribution in [1.29, 1.82) is 0 Å². The van der Waals surface area contributed by atoms with Crippen LogP contribution < -0.4 is 54.0 Å². The summed E-state index contributed by atoms with van der Waals surface area (Å²) in [5.74, 6) is -7.57. The Kier molecular flexibility index (Phi) is 27.5. The van der Waals surface area contributed by atoms with E-state index in [2.05, 4.69) is 47.5 Å². The number of carbonyl (C=O) groups excluding carboxylic acids is 10. The van der Waals surface area contributed by atoms with Crippen LogP contribution in [0, 0.1) is 17.8 Å². The Morgan fingerprint density at radius 1 is 0.725 bits per heavy atom. The van der Waals surface area contributed by atoms with Crippen LogP contribution in [0.2, 0.25) is 0 Å². The molecular weight excluding hydrogens is 899 g/mol. The maximum absolute atomic E-state index is 14.1. The first-order valence-electron chi connectivity index (χ1n) is 24.0. The molecule has 0 spiro atoms. The lowest BCUT2D eigenvalue weighted by Gasteiger charge is -2.31. The second-order valence-corrected chi connectivity index (χ2v) is 18.2. The predicted octanol–water partition coefficient (Wildman–Crippen LogP) is -2.79. The topological polar surface area (TPSA) is 358 Å². The van der Waals surface area contributed by atoms with Crippen molar-refractivity contribution in [2.75, 3.05) is 46.4 Å². The largest absolute Gasteiger partial charge is 0.394 e. The fraction of sp³-hybridized carbons (Fsp3) is 0.756. The fourth-order valence-electron chi connectivity index (χ4n) is 7.36. The van der Waals surface area contributed by atoms with E-state index in [9.17, 15) is 53.1 Å². The number of rotatable bonds is 30. The van der Waals surface area contributed by atoms with E-state index in [1.54, 1.807) is 48.5 Å². The van der Waals surface area contributed by atoms with Gasteiger partial charge in [0.25, 0.3) is 0 Å². The minimum Gasteiger partial charge on any atom is -0.394 e. The van der Waals surface area contributed by atoms with Gasteiger partial charge in [0.2, 0.25) is 59.1 Å². The van der Waals surface area contributed by atoms with Gasteiger partial charge in [0.05, 0.1) is 19.7 Å². The van der Waals surface area contributed by atoms with Gasteiger partial charge in [-0.15, -0.1) is 0 Å². The van der Waals surface area contributed by atoms with Crippen LogP contribution in [-0.2, 0) is 47.9 Å². The standard InChI is InChI=1S/C45H81N13O11/c1-11-16-29(38(63)56-37(27(8)12-2)43(68)52-30(17-14-19-49-45(46)47)44(69)58-20-15-18-33(58)41(66)48-13-3)51-40(65)32(24-59)54-39(64)31(21-25(4)5)53-42(67)36(26(6)7)55-34(61)22-50-35(62)23-57(10)28(9)60/h25-27,29-33,36-37,59H,11-24H2,1-10H3,(H,48,66)(H,50,62)(H,51,65)(H,52,68)(H,53,67)(H,54,64)(H,55,61)(H,56,63)(H4,46,47,49)/t27-,29-,30-,31+,32-,33-,36-,37-/m0/s1. The van der Waals surface area contributed by atoms with Crippen LogP contribution in [0.1, 0.15) is 114 Å². The molecule has 24 nitrogen and oxygen atoms in total. The molecule has 1 fully saturated rings. The Morgan fingerprint density at radius 2 is 1.30 bits per heavy atom. The number of nitrogens with one attached hydrogen (secondary N) is 8. The van der Waals surface area contributed by atoms with E-state index in [-0.39, 0.29) is 56.0 Å². The Bertz CT molecular complexity index is 1790. The zero-order valence-corrected chi connectivity index (χ0v) is 42.2. The summed E-state index contributed by atoms with van der Waals surface area (Å²) in [7, 11) is 1.42. The number of aliphatic hydroxyl groups is 1. The summed E-state index contributed by atoms with van der Waals surface area (Å²) in [6.07, 6.45) is 2.45. The van der Waals surface area contributed by atoms with Gasteiger partial charge in [0.15, 0.2) is 5.96 Å². The maximum Gasteiger partial charge on any atom is 0.245 e. The lowest BCUT2D eigenvalue weighted by molar-refractivity contribution is -0.142. The zero-order chi connectivity index (χ0) is 52.5. The number of guanidine groups is 1. The molecule has 8 atom stereocenters. The molecule has 0 aliphatic carbocycles. The highest BCUT2D eigenvalue weighted by molar-refractivity contribution is 5.98. The van der Waals surface area contributed by atoms with E-state index in [1.165, 1.54) is 18.9 Å². The van der Waals surface area contributed by atoms with Crippen LogP contribution in [0.25, 0.3) is 0 Å². The average Bonchev–Trinajstić information content (AvgIpc) is 3.78. The number of likely N-dealkylation sites (tertiary alicyclic amines) is 1. The van der Waals surface area contributed by atoms with E-state index in [0.29, 0.717) is 45.2 Å². The molecule has 0 aromatic carbocycles. The van der Waals surface area contributed by atoms with E-state index in [4.69, 9.17) is 11.5 Å². The van der Waals surface area contributed by atoms with E-state index in [0.717, 1.165) is 4.90 Å². The highest BCUT2D eigenvalue weighted by Crippen LogP contribution is 2.20. The molecule has 1 saturated heterocycles. The SMILES string of the molecule is CCC[C@H](NC(=O)[C@H](CO)NC(=O)[C@@H](CC(C)C)NC(=O)[C@@H](NC(=O)CNC(=O)CN(C)C(C)=O)C(C)C)C(=O)N[C@H](C(=O)N[C@@H](CCCN=C(N)N)C(=O)N1CCC[C@H]1C(=O)NCC)[C@@H](C)CC. The molecule has 0 bridgehead atoms. The second-order valence-electron chi connectivity index (χ2n) is 18.2. The monoisotopic (exact) mass is 980 g/mol. The molecule has 392 valence electrons. The predicted molar refractivity (Wildman–Crippen MR) is 257 cm³/mol. The lowest BCUT2D eigenvalue weighted by atomic mass is 9.96. The van der Waals surface area contributed by atoms with Crippen LogP contribution in [-0.4, -0.2) is 169 Å². The quantitative estimate of drug-likeness (QED) is 0.0197. The Labute approximate surface area is 406 Å². The molecule has 0 saturated carbocycles. The fourth-order valence-corrected chi connectivity index (χ4v) is 7.36. The number of hydrogen-bond donors (Lipinski definition) is 11. The van der Waals surface area contributed by atoms with E-state index < -0.39 is 115 Å². The van der Waals surface area contributed by atoms with Crippen LogP contribution in [0.5, 0.6) is 0 Å². The minimum absolute atomic E-state index is 0.0886. The van der Waals surface area contributed by atoms with Gasteiger partial charge in [-0.3, -0.25) is 52.9 Å². The Balaban J connectivity index is 3.24. The Hall–Kier alpha value is -6.07. The van der Waals surface area contributed by atoms with Gasteiger partial charge < -0.3 is 68.9 Å². The van der Waals surface area contributed by atoms with Crippen molar-refractivity contribution >= 4 is 65.0 Å². The summed E-state index contributed by atoms with van der Waals surface area (Å²) < 4.78 is 0. The lowest BCUT2D eigenvalue weighted by Crippen LogP contribution is -2.61. The summed E-state index contributed by atoms with van der Waals surface area (Å²) >= 11 is 0. The molecule has 0 radical (unpaired) electrons. The van der Waals surface area contributed by atoms with Gasteiger partial charge in [0, 0.05) is 33.6 Å². The van der Waals surface area contributed by atoms with Gasteiger partial charge in [-0.05, 0) is 63.2 Å². The number of aliphatic imine (C=N–C) groups is 1. The minimum atomic E-state index is -1.59. The van der Waals surface area contributed by atoms with Gasteiger partial charge >= 0.3 is 0 Å². The van der Waals surface area contributed by atoms with Crippen LogP contribution in [0.3, 0.4) is 0 Å². The molecule has 0 aromatic rings. The summed E-state index contributed by atoms with van der Waals surface area (Å²) in [4.78, 5) is 139. The zero-order valence-electron chi connectivity index (χ0n) is 42.2. The van der Waals surface area contributed by atoms with Crippen molar-refractivity contribution in [2.45, 2.75) is 156 Å². The second kappa shape index (κ2) is 31.1. The first kappa shape index (κ1) is 60.9. The molecular formula is C45H81N13O11. The van der Waals surface area contributed by atoms with Crippen molar-refractivity contribution < 1.29 is 53.1 Å².